The molecule has 0 aliphatic carbocycles. The predicted molar refractivity (Wildman–Crippen MR) is 153 cm³/mol. The summed E-state index contributed by atoms with van der Waals surface area (Å²) in [4.78, 5) is 23.8. The molecule has 0 saturated carbocycles. The summed E-state index contributed by atoms with van der Waals surface area (Å²) >= 11 is 6.51. The number of amides is 1. The molecule has 11 heteroatoms. The standard InChI is InChI=1S/C18H28O3S.C8H10ClNO3S.Na.H/c1-3-4-5-6-7-8-11-22(19)15(2)12-16-9-10-17-18(13-16)21-14-20-17;1-8(2)4(7(12)13)10-5(11)3(9)6(10)14-8;;/h9-10,13,15H,3-8,11-12,14H2,1-2H3;3-4,6H,1-2H3,(H,12,13);;/t;3-,4+,6-;;/m.1../s1. The fourth-order valence-electron chi connectivity index (χ4n) is 4.68. The number of hydrogen-bond donors (Lipinski definition) is 1. The first kappa shape index (κ1) is 32.9. The van der Waals surface area contributed by atoms with Crippen molar-refractivity contribution in [1.29, 1.82) is 0 Å². The number of unbranched alkanes of at least 4 members (excludes halogenated alkanes) is 5. The first-order chi connectivity index (χ1) is 17.1. The molecule has 2 fully saturated rings. The summed E-state index contributed by atoms with van der Waals surface area (Å²) < 4.78 is 22.6. The summed E-state index contributed by atoms with van der Waals surface area (Å²) in [6.07, 6.45) is 8.32. The van der Waals surface area contributed by atoms with Gasteiger partial charge in [-0.15, -0.1) is 23.4 Å². The van der Waals surface area contributed by atoms with Crippen LogP contribution in [0.5, 0.6) is 11.5 Å². The van der Waals surface area contributed by atoms with Gasteiger partial charge in [0.05, 0.1) is 0 Å². The zero-order valence-electron chi connectivity index (χ0n) is 21.5. The first-order valence-electron chi connectivity index (χ1n) is 12.7. The van der Waals surface area contributed by atoms with Crippen molar-refractivity contribution in [2.75, 3.05) is 12.5 Å². The van der Waals surface area contributed by atoms with Crippen LogP contribution in [-0.4, -0.2) is 95.3 Å². The Morgan fingerprint density at radius 1 is 1.24 bits per heavy atom. The van der Waals surface area contributed by atoms with Gasteiger partial charge in [0.25, 0.3) is 0 Å². The van der Waals surface area contributed by atoms with Crippen molar-refractivity contribution in [3.63, 3.8) is 0 Å². The van der Waals surface area contributed by atoms with Crippen molar-refractivity contribution >= 4 is 76.0 Å². The van der Waals surface area contributed by atoms with Crippen molar-refractivity contribution in [2.24, 2.45) is 0 Å². The third-order valence-corrected chi connectivity index (χ3v) is 10.6. The van der Waals surface area contributed by atoms with Gasteiger partial charge < -0.3 is 24.0 Å². The number of carbonyl (C=O) groups is 2. The molecule has 3 heterocycles. The summed E-state index contributed by atoms with van der Waals surface area (Å²) in [6, 6.07) is 5.26. The Morgan fingerprint density at radius 3 is 2.57 bits per heavy atom. The zero-order chi connectivity index (χ0) is 26.5. The topological polar surface area (TPSA) is 99.1 Å². The number of thioether (sulfide) groups is 1. The number of aliphatic carboxylic acids is 1. The zero-order valence-corrected chi connectivity index (χ0v) is 23.9. The van der Waals surface area contributed by atoms with Gasteiger partial charge in [-0.2, -0.15) is 0 Å². The Hall–Kier alpha value is -0.290. The van der Waals surface area contributed by atoms with E-state index in [2.05, 4.69) is 13.8 Å². The monoisotopic (exact) mass is 583 g/mol. The second kappa shape index (κ2) is 14.9. The molecular weight excluding hydrogens is 545 g/mol. The molecule has 0 bridgehead atoms. The summed E-state index contributed by atoms with van der Waals surface area (Å²) in [6.45, 7) is 8.26. The third-order valence-electron chi connectivity index (χ3n) is 6.72. The molecule has 204 valence electrons. The summed E-state index contributed by atoms with van der Waals surface area (Å²) in [5.74, 6) is 1.23. The van der Waals surface area contributed by atoms with Gasteiger partial charge in [0.15, 0.2) is 11.5 Å². The van der Waals surface area contributed by atoms with Gasteiger partial charge in [-0.25, -0.2) is 4.79 Å². The maximum atomic E-state index is 12.3. The van der Waals surface area contributed by atoms with E-state index in [9.17, 15) is 14.1 Å². The molecule has 7 nitrogen and oxygen atoms in total. The van der Waals surface area contributed by atoms with Crippen LogP contribution < -0.4 is 9.47 Å². The number of rotatable bonds is 11. The van der Waals surface area contributed by atoms with E-state index in [1.807, 2.05) is 32.0 Å². The minimum atomic E-state index is -0.957. The van der Waals surface area contributed by atoms with Gasteiger partial charge in [-0.1, -0.05) is 49.8 Å². The molecule has 4 rings (SSSR count). The van der Waals surface area contributed by atoms with Gasteiger partial charge in [-0.3, -0.25) is 4.79 Å². The van der Waals surface area contributed by atoms with Crippen LogP contribution in [0, 0.1) is 0 Å². The molecule has 2 saturated heterocycles. The minimum absolute atomic E-state index is 0. The Bertz CT molecular complexity index is 923. The average Bonchev–Trinajstić information content (AvgIpc) is 3.40. The van der Waals surface area contributed by atoms with Crippen molar-refractivity contribution < 1.29 is 28.7 Å². The van der Waals surface area contributed by atoms with E-state index in [4.69, 9.17) is 26.2 Å². The molecule has 1 amide bonds. The van der Waals surface area contributed by atoms with Crippen LogP contribution >= 0.6 is 23.4 Å². The second-order valence-electron chi connectivity index (χ2n) is 10.1. The Morgan fingerprint density at radius 2 is 1.89 bits per heavy atom. The molecule has 0 aromatic heterocycles. The van der Waals surface area contributed by atoms with Crippen LogP contribution in [-0.2, 0) is 27.2 Å². The quantitative estimate of drug-likeness (QED) is 0.134. The van der Waals surface area contributed by atoms with E-state index in [1.165, 1.54) is 54.3 Å². The van der Waals surface area contributed by atoms with Crippen molar-refractivity contribution in [2.45, 2.75) is 99.4 Å². The Kier molecular flexibility index (Phi) is 13.3. The molecule has 1 N–H and O–H groups in total. The Balaban J connectivity index is 0.000000277. The first-order valence-corrected chi connectivity index (χ1v) is 15.4. The van der Waals surface area contributed by atoms with Crippen LogP contribution in [0.25, 0.3) is 0 Å². The molecule has 5 atom stereocenters. The fraction of sp³-hybridized carbons (Fsp3) is 0.692. The molecule has 1 aromatic rings. The van der Waals surface area contributed by atoms with Crippen LogP contribution in [0.4, 0.5) is 0 Å². The van der Waals surface area contributed by atoms with E-state index < -0.39 is 33.3 Å². The van der Waals surface area contributed by atoms with Gasteiger partial charge in [-0.05, 0) is 51.3 Å². The van der Waals surface area contributed by atoms with E-state index in [0.717, 1.165) is 30.1 Å². The number of β-lactam (4-membered cyclic amide) rings is 1. The van der Waals surface area contributed by atoms with E-state index in [-0.39, 0.29) is 46.1 Å². The number of carbonyl (C=O) groups excluding carboxylic acids is 1. The molecule has 0 spiro atoms. The fourth-order valence-corrected chi connectivity index (χ4v) is 7.88. The summed E-state index contributed by atoms with van der Waals surface area (Å²) in [7, 11) is 0. The maximum absolute atomic E-state index is 12.3. The number of hydrogen-bond acceptors (Lipinski definition) is 6. The molecule has 3 aliphatic heterocycles. The van der Waals surface area contributed by atoms with E-state index in [1.54, 1.807) is 0 Å². The van der Waals surface area contributed by atoms with E-state index >= 15 is 0 Å². The van der Waals surface area contributed by atoms with Crippen LogP contribution in [0.2, 0.25) is 0 Å². The van der Waals surface area contributed by atoms with Crippen LogP contribution in [0.15, 0.2) is 18.2 Å². The number of halogens is 1. The molecule has 1 aromatic carbocycles. The molecule has 2 unspecified atom stereocenters. The van der Waals surface area contributed by atoms with Crippen molar-refractivity contribution in [3.05, 3.63) is 23.8 Å². The number of fused-ring (bicyclic) bond motifs is 2. The summed E-state index contributed by atoms with van der Waals surface area (Å²) in [5.41, 5.74) is 1.17. The van der Waals surface area contributed by atoms with Gasteiger partial charge in [0, 0.05) is 11.2 Å². The van der Waals surface area contributed by atoms with Gasteiger partial charge >= 0.3 is 35.5 Å². The van der Waals surface area contributed by atoms with Gasteiger partial charge in [0.1, 0.15) is 27.8 Å². The molecular formula is C26H39ClNNaO6S2. The third kappa shape index (κ3) is 8.35. The number of nitrogens with zero attached hydrogens (tertiary/aromatic N) is 1. The molecule has 3 aliphatic rings. The normalized spacial score (nSPS) is 24.2. The number of carboxylic acids is 1. The molecule has 0 radical (unpaired) electrons. The van der Waals surface area contributed by atoms with Crippen LogP contribution in [0.3, 0.4) is 0 Å². The number of ether oxygens (including phenoxy) is 2. The predicted octanol–water partition coefficient (Wildman–Crippen LogP) is 4.55. The number of alkyl halides is 1. The van der Waals surface area contributed by atoms with E-state index in [0.29, 0.717) is 6.79 Å². The van der Waals surface area contributed by atoms with Crippen molar-refractivity contribution in [1.82, 2.24) is 4.90 Å². The second-order valence-corrected chi connectivity index (χ2v) is 14.3. The van der Waals surface area contributed by atoms with Crippen LogP contribution in [0.1, 0.15) is 71.8 Å². The summed E-state index contributed by atoms with van der Waals surface area (Å²) in [5, 5.41) is 8.50. The van der Waals surface area contributed by atoms with Gasteiger partial charge in [0.2, 0.25) is 12.7 Å². The number of benzene rings is 1. The number of carboxylic acid groups (broad SMARTS) is 1. The SMILES string of the molecule is CC1(C)S[C@@H]2[C@H](Cl)C(=O)N2[C@H]1C(=O)O.CCCCCCCC[S+]([O-])C(C)Cc1ccc2c(c1)OCO2.[NaH]. The van der Waals surface area contributed by atoms with Crippen molar-refractivity contribution in [3.8, 4) is 11.5 Å². The Labute approximate surface area is 255 Å². The average molecular weight is 584 g/mol. The molecule has 37 heavy (non-hydrogen) atoms.